The second-order valence-electron chi connectivity index (χ2n) is 3.64. The van der Waals surface area contributed by atoms with Gasteiger partial charge in [-0.2, -0.15) is 0 Å². The number of nitrogens with zero attached hydrogens (tertiary/aromatic N) is 1. The molecule has 2 N–H and O–H groups in total. The van der Waals surface area contributed by atoms with Crippen molar-refractivity contribution in [2.45, 2.75) is 13.5 Å². The van der Waals surface area contributed by atoms with E-state index < -0.39 is 0 Å². The number of nitrogens with one attached hydrogen (secondary N) is 1. The van der Waals surface area contributed by atoms with Crippen molar-refractivity contribution in [1.82, 2.24) is 10.3 Å². The Balaban J connectivity index is 2.47. The molecule has 0 aliphatic heterocycles. The van der Waals surface area contributed by atoms with Gasteiger partial charge in [0.15, 0.2) is 0 Å². The molecule has 1 aromatic carbocycles. The molecule has 0 atom stereocenters. The molecule has 1 aromatic heterocycles. The third-order valence-electron chi connectivity index (χ3n) is 2.44. The first-order valence-corrected chi connectivity index (χ1v) is 5.97. The highest BCUT2D eigenvalue weighted by atomic mass is 32.1. The normalized spacial score (nSPS) is 10.6. The molecule has 3 nitrogen and oxygen atoms in total. The average molecular weight is 234 g/mol. The molecule has 84 valence electrons. The molecule has 2 rings (SSSR count). The first-order valence-electron chi connectivity index (χ1n) is 5.09. The molecular formula is C12H14N2OS. The Morgan fingerprint density at radius 3 is 2.88 bits per heavy atom. The SMILES string of the molecule is CNCc1ccc(O)c(-c2ncsc2C)c1. The van der Waals surface area contributed by atoms with Crippen molar-refractivity contribution in [3.05, 3.63) is 34.2 Å². The summed E-state index contributed by atoms with van der Waals surface area (Å²) >= 11 is 1.59. The third-order valence-corrected chi connectivity index (χ3v) is 3.20. The second kappa shape index (κ2) is 4.63. The highest BCUT2D eigenvalue weighted by molar-refractivity contribution is 7.10. The summed E-state index contributed by atoms with van der Waals surface area (Å²) in [7, 11) is 1.90. The predicted octanol–water partition coefficient (Wildman–Crippen LogP) is 2.54. The molecule has 2 aromatic rings. The van der Waals surface area contributed by atoms with E-state index in [4.69, 9.17) is 0 Å². The molecule has 0 fully saturated rings. The van der Waals surface area contributed by atoms with Crippen LogP contribution in [0, 0.1) is 6.92 Å². The molecule has 0 bridgehead atoms. The van der Waals surface area contributed by atoms with E-state index in [2.05, 4.69) is 10.3 Å². The smallest absolute Gasteiger partial charge is 0.125 e. The lowest BCUT2D eigenvalue weighted by Gasteiger charge is -2.06. The summed E-state index contributed by atoms with van der Waals surface area (Å²) in [6.07, 6.45) is 0. The average Bonchev–Trinajstić information content (AvgIpc) is 2.68. The maximum absolute atomic E-state index is 9.84. The van der Waals surface area contributed by atoms with E-state index in [0.29, 0.717) is 0 Å². The van der Waals surface area contributed by atoms with Crippen LogP contribution in [0.5, 0.6) is 5.75 Å². The third kappa shape index (κ3) is 2.08. The largest absolute Gasteiger partial charge is 0.507 e. The molecule has 0 saturated heterocycles. The van der Waals surface area contributed by atoms with E-state index in [1.54, 1.807) is 22.9 Å². The molecule has 0 radical (unpaired) electrons. The zero-order valence-electron chi connectivity index (χ0n) is 9.32. The van der Waals surface area contributed by atoms with Gasteiger partial charge in [-0.25, -0.2) is 4.98 Å². The van der Waals surface area contributed by atoms with Gasteiger partial charge < -0.3 is 10.4 Å². The van der Waals surface area contributed by atoms with Gasteiger partial charge in [0.25, 0.3) is 0 Å². The molecule has 0 saturated carbocycles. The van der Waals surface area contributed by atoms with Crippen LogP contribution in [0.1, 0.15) is 10.4 Å². The summed E-state index contributed by atoms with van der Waals surface area (Å²) < 4.78 is 0. The van der Waals surface area contributed by atoms with E-state index in [-0.39, 0.29) is 5.75 Å². The van der Waals surface area contributed by atoms with Crippen molar-refractivity contribution in [3.8, 4) is 17.0 Å². The lowest BCUT2D eigenvalue weighted by atomic mass is 10.1. The first-order chi connectivity index (χ1) is 7.72. The van der Waals surface area contributed by atoms with E-state index in [0.717, 1.165) is 28.2 Å². The number of benzene rings is 1. The van der Waals surface area contributed by atoms with Crippen LogP contribution >= 0.6 is 11.3 Å². The predicted molar refractivity (Wildman–Crippen MR) is 66.7 cm³/mol. The van der Waals surface area contributed by atoms with Gasteiger partial charge in [0.1, 0.15) is 5.75 Å². The van der Waals surface area contributed by atoms with Crippen molar-refractivity contribution in [1.29, 1.82) is 0 Å². The van der Waals surface area contributed by atoms with Gasteiger partial charge in [-0.3, -0.25) is 0 Å². The van der Waals surface area contributed by atoms with Crippen LogP contribution in [0.2, 0.25) is 0 Å². The fourth-order valence-corrected chi connectivity index (χ4v) is 2.24. The Morgan fingerprint density at radius 1 is 1.44 bits per heavy atom. The monoisotopic (exact) mass is 234 g/mol. The van der Waals surface area contributed by atoms with Crippen molar-refractivity contribution in [2.24, 2.45) is 0 Å². The van der Waals surface area contributed by atoms with E-state index in [1.807, 2.05) is 26.1 Å². The van der Waals surface area contributed by atoms with Crippen LogP contribution in [0.15, 0.2) is 23.7 Å². The lowest BCUT2D eigenvalue weighted by Crippen LogP contribution is -2.04. The minimum absolute atomic E-state index is 0.286. The highest BCUT2D eigenvalue weighted by Gasteiger charge is 2.10. The minimum atomic E-state index is 0.286. The molecular weight excluding hydrogens is 220 g/mol. The first kappa shape index (κ1) is 11.1. The molecule has 0 amide bonds. The Labute approximate surface area is 98.8 Å². The fraction of sp³-hybridized carbons (Fsp3) is 0.250. The van der Waals surface area contributed by atoms with Gasteiger partial charge in [0.05, 0.1) is 11.2 Å². The van der Waals surface area contributed by atoms with E-state index in [9.17, 15) is 5.11 Å². The number of hydrogen-bond acceptors (Lipinski definition) is 4. The zero-order valence-corrected chi connectivity index (χ0v) is 10.1. The molecule has 0 unspecified atom stereocenters. The number of rotatable bonds is 3. The standard InChI is InChI=1S/C12H14N2OS/c1-8-12(14-7-16-8)10-5-9(6-13-2)3-4-11(10)15/h3-5,7,13,15H,6H2,1-2H3. The number of aromatic hydroxyl groups is 1. The molecule has 0 spiro atoms. The molecule has 4 heteroatoms. The summed E-state index contributed by atoms with van der Waals surface area (Å²) in [6.45, 7) is 2.80. The molecule has 0 aliphatic rings. The quantitative estimate of drug-likeness (QED) is 0.858. The van der Waals surface area contributed by atoms with Gasteiger partial charge >= 0.3 is 0 Å². The molecule has 0 aliphatic carbocycles. The van der Waals surface area contributed by atoms with Gasteiger partial charge in [-0.15, -0.1) is 11.3 Å². The molecule has 1 heterocycles. The zero-order chi connectivity index (χ0) is 11.5. The fourth-order valence-electron chi connectivity index (χ4n) is 1.65. The lowest BCUT2D eigenvalue weighted by molar-refractivity contribution is 0.477. The summed E-state index contributed by atoms with van der Waals surface area (Å²) in [5.41, 5.74) is 4.63. The Bertz CT molecular complexity index is 494. The van der Waals surface area contributed by atoms with Crippen LogP contribution in [0.3, 0.4) is 0 Å². The van der Waals surface area contributed by atoms with Crippen molar-refractivity contribution >= 4 is 11.3 Å². The number of hydrogen-bond donors (Lipinski definition) is 2. The minimum Gasteiger partial charge on any atom is -0.507 e. The summed E-state index contributed by atoms with van der Waals surface area (Å²) in [5.74, 6) is 0.286. The van der Waals surface area contributed by atoms with Crippen LogP contribution in [-0.2, 0) is 6.54 Å². The topological polar surface area (TPSA) is 45.1 Å². The Morgan fingerprint density at radius 2 is 2.25 bits per heavy atom. The van der Waals surface area contributed by atoms with Gasteiger partial charge in [0.2, 0.25) is 0 Å². The van der Waals surface area contributed by atoms with Crippen molar-refractivity contribution in [2.75, 3.05) is 7.05 Å². The number of phenolic OH excluding ortho intramolecular Hbond substituents is 1. The van der Waals surface area contributed by atoms with Crippen LogP contribution < -0.4 is 5.32 Å². The van der Waals surface area contributed by atoms with Gasteiger partial charge in [-0.05, 0) is 31.7 Å². The number of phenols is 1. The van der Waals surface area contributed by atoms with Crippen molar-refractivity contribution in [3.63, 3.8) is 0 Å². The van der Waals surface area contributed by atoms with Crippen LogP contribution in [0.4, 0.5) is 0 Å². The number of aryl methyl sites for hydroxylation is 1. The van der Waals surface area contributed by atoms with Crippen molar-refractivity contribution < 1.29 is 5.11 Å². The Hall–Kier alpha value is -1.39. The second-order valence-corrected chi connectivity index (χ2v) is 4.70. The maximum Gasteiger partial charge on any atom is 0.125 e. The molecule has 16 heavy (non-hydrogen) atoms. The van der Waals surface area contributed by atoms with Gasteiger partial charge in [-0.1, -0.05) is 6.07 Å². The van der Waals surface area contributed by atoms with E-state index in [1.165, 1.54) is 0 Å². The summed E-state index contributed by atoms with van der Waals surface area (Å²) in [6, 6.07) is 5.62. The van der Waals surface area contributed by atoms with Gasteiger partial charge in [0, 0.05) is 17.0 Å². The summed E-state index contributed by atoms with van der Waals surface area (Å²) in [5, 5.41) is 12.9. The maximum atomic E-state index is 9.84. The highest BCUT2D eigenvalue weighted by Crippen LogP contribution is 2.32. The van der Waals surface area contributed by atoms with Crippen LogP contribution in [0.25, 0.3) is 11.3 Å². The van der Waals surface area contributed by atoms with E-state index >= 15 is 0 Å². The number of thiazole rings is 1. The van der Waals surface area contributed by atoms with Crippen LogP contribution in [-0.4, -0.2) is 17.1 Å². The number of aromatic nitrogens is 1. The Kier molecular flexibility index (Phi) is 3.22. The summed E-state index contributed by atoms with van der Waals surface area (Å²) in [4.78, 5) is 5.41.